The summed E-state index contributed by atoms with van der Waals surface area (Å²) in [4.78, 5) is 0. The van der Waals surface area contributed by atoms with Gasteiger partial charge < -0.3 is 14.8 Å². The van der Waals surface area contributed by atoms with E-state index in [1.807, 2.05) is 0 Å². The molecule has 2 heterocycles. The van der Waals surface area contributed by atoms with Crippen LogP contribution in [0.15, 0.2) is 18.2 Å². The molecule has 0 spiro atoms. The zero-order valence-electron chi connectivity index (χ0n) is 9.41. The average Bonchev–Trinajstić information content (AvgIpc) is 2.64. The summed E-state index contributed by atoms with van der Waals surface area (Å²) in [5, 5.41) is 3.06. The van der Waals surface area contributed by atoms with E-state index in [4.69, 9.17) is 4.74 Å². The van der Waals surface area contributed by atoms with Gasteiger partial charge in [-0.2, -0.15) is 8.78 Å². The highest BCUT2D eigenvalue weighted by Crippen LogP contribution is 2.42. The van der Waals surface area contributed by atoms with E-state index in [0.717, 1.165) is 5.56 Å². The Morgan fingerprint density at radius 3 is 3.00 bits per heavy atom. The van der Waals surface area contributed by atoms with Crippen LogP contribution in [-0.4, -0.2) is 25.4 Å². The van der Waals surface area contributed by atoms with Crippen LogP contribution in [0, 0.1) is 0 Å². The smallest absolute Gasteiger partial charge is 0.387 e. The topological polar surface area (TPSA) is 30.5 Å². The number of nitrogens with one attached hydrogen (secondary N) is 1. The molecule has 2 aliphatic heterocycles. The van der Waals surface area contributed by atoms with Crippen molar-refractivity contribution in [2.75, 3.05) is 6.54 Å². The molecule has 1 aromatic rings. The van der Waals surface area contributed by atoms with Crippen molar-refractivity contribution in [3.8, 4) is 11.5 Å². The van der Waals surface area contributed by atoms with Crippen LogP contribution in [0.2, 0.25) is 0 Å². The molecule has 6 heteroatoms. The third-order valence-electron chi connectivity index (χ3n) is 3.24. The lowest BCUT2D eigenvalue weighted by molar-refractivity contribution is -0.0499. The first kappa shape index (κ1) is 11.6. The fourth-order valence-corrected chi connectivity index (χ4v) is 2.50. The minimum Gasteiger partial charge on any atom is -0.488 e. The van der Waals surface area contributed by atoms with Crippen molar-refractivity contribution in [1.82, 2.24) is 5.32 Å². The van der Waals surface area contributed by atoms with Crippen molar-refractivity contribution in [3.05, 3.63) is 23.8 Å². The molecule has 1 fully saturated rings. The number of rotatable bonds is 2. The summed E-state index contributed by atoms with van der Waals surface area (Å²) in [5.74, 6) is 0.545. The number of hydrogen-bond acceptors (Lipinski definition) is 3. The molecule has 0 radical (unpaired) electrons. The molecule has 0 aliphatic carbocycles. The third kappa shape index (κ3) is 2.01. The van der Waals surface area contributed by atoms with Crippen molar-refractivity contribution >= 4 is 0 Å². The minimum absolute atomic E-state index is 0.0548. The summed E-state index contributed by atoms with van der Waals surface area (Å²) in [6, 6.07) is 4.52. The summed E-state index contributed by atoms with van der Waals surface area (Å²) in [6.45, 7) is -2.57. The SMILES string of the molecule is FC(F)Oc1ccc2c(c1)O[C@H]1C[C@@H](F)CN[C@@H]21. The number of ether oxygens (including phenoxy) is 2. The van der Waals surface area contributed by atoms with Crippen LogP contribution < -0.4 is 14.8 Å². The second kappa shape index (κ2) is 4.35. The van der Waals surface area contributed by atoms with Gasteiger partial charge in [-0.05, 0) is 12.1 Å². The van der Waals surface area contributed by atoms with Crippen LogP contribution in [-0.2, 0) is 0 Å². The van der Waals surface area contributed by atoms with Crippen molar-refractivity contribution < 1.29 is 22.6 Å². The van der Waals surface area contributed by atoms with E-state index in [-0.39, 0.29) is 17.9 Å². The molecule has 3 nitrogen and oxygen atoms in total. The summed E-state index contributed by atoms with van der Waals surface area (Å²) in [6.07, 6.45) is -0.889. The van der Waals surface area contributed by atoms with Gasteiger partial charge in [0.05, 0.1) is 6.04 Å². The molecule has 0 saturated carbocycles. The van der Waals surface area contributed by atoms with Gasteiger partial charge in [0, 0.05) is 24.6 Å². The van der Waals surface area contributed by atoms with Gasteiger partial charge in [-0.25, -0.2) is 4.39 Å². The maximum Gasteiger partial charge on any atom is 0.387 e. The third-order valence-corrected chi connectivity index (χ3v) is 3.24. The maximum atomic E-state index is 13.2. The van der Waals surface area contributed by atoms with Gasteiger partial charge in [0.2, 0.25) is 0 Å². The molecular formula is C12H12F3NO2. The number of alkyl halides is 3. The van der Waals surface area contributed by atoms with Gasteiger partial charge in [0.1, 0.15) is 23.8 Å². The highest BCUT2D eigenvalue weighted by atomic mass is 19.3. The highest BCUT2D eigenvalue weighted by Gasteiger charge is 2.39. The number of benzene rings is 1. The van der Waals surface area contributed by atoms with E-state index in [2.05, 4.69) is 10.1 Å². The molecule has 1 saturated heterocycles. The lowest BCUT2D eigenvalue weighted by atomic mass is 9.96. The Labute approximate surface area is 102 Å². The molecule has 18 heavy (non-hydrogen) atoms. The zero-order valence-corrected chi connectivity index (χ0v) is 9.41. The molecule has 1 N–H and O–H groups in total. The average molecular weight is 259 g/mol. The zero-order chi connectivity index (χ0) is 12.7. The largest absolute Gasteiger partial charge is 0.488 e. The fourth-order valence-electron chi connectivity index (χ4n) is 2.50. The van der Waals surface area contributed by atoms with Crippen LogP contribution in [0.25, 0.3) is 0 Å². The fraction of sp³-hybridized carbons (Fsp3) is 0.500. The summed E-state index contributed by atoms with van der Waals surface area (Å²) >= 11 is 0. The van der Waals surface area contributed by atoms with Crippen molar-refractivity contribution in [2.45, 2.75) is 31.3 Å². The predicted molar refractivity (Wildman–Crippen MR) is 57.7 cm³/mol. The number of halogens is 3. The molecule has 0 unspecified atom stereocenters. The Morgan fingerprint density at radius 1 is 1.39 bits per heavy atom. The molecule has 0 aromatic heterocycles. The van der Waals surface area contributed by atoms with Gasteiger partial charge in [0.25, 0.3) is 0 Å². The van der Waals surface area contributed by atoms with Gasteiger partial charge in [-0.3, -0.25) is 0 Å². The number of fused-ring (bicyclic) bond motifs is 3. The second-order valence-corrected chi connectivity index (χ2v) is 4.45. The molecule has 3 atom stereocenters. The number of piperidine rings is 1. The predicted octanol–water partition coefficient (Wildman–Crippen LogP) is 2.42. The normalized spacial score (nSPS) is 29.7. The van der Waals surface area contributed by atoms with E-state index < -0.39 is 12.8 Å². The highest BCUT2D eigenvalue weighted by molar-refractivity contribution is 5.46. The van der Waals surface area contributed by atoms with E-state index in [1.165, 1.54) is 12.1 Å². The molecule has 0 bridgehead atoms. The lowest BCUT2D eigenvalue weighted by Gasteiger charge is -2.27. The van der Waals surface area contributed by atoms with Gasteiger partial charge in [-0.1, -0.05) is 0 Å². The Hall–Kier alpha value is -1.43. The van der Waals surface area contributed by atoms with Crippen LogP contribution in [0.5, 0.6) is 11.5 Å². The van der Waals surface area contributed by atoms with E-state index in [0.29, 0.717) is 18.7 Å². The van der Waals surface area contributed by atoms with Gasteiger partial charge in [-0.15, -0.1) is 0 Å². The summed E-state index contributed by atoms with van der Waals surface area (Å²) in [5.41, 5.74) is 0.869. The Kier molecular flexibility index (Phi) is 2.81. The molecular weight excluding hydrogens is 247 g/mol. The summed E-state index contributed by atoms with van der Waals surface area (Å²) < 4.78 is 47.3. The Balaban J connectivity index is 1.83. The standard InChI is InChI=1S/C12H12F3NO2/c13-6-3-10-11(16-5-6)8-2-1-7(17-12(14)15)4-9(8)18-10/h1-2,4,6,10-12,16H,3,5H2/t6-,10+,11+/m1/s1. The first-order valence-electron chi connectivity index (χ1n) is 5.76. The molecule has 0 amide bonds. The van der Waals surface area contributed by atoms with Crippen LogP contribution in [0.1, 0.15) is 18.0 Å². The number of hydrogen-bond donors (Lipinski definition) is 1. The Bertz CT molecular complexity index is 455. The van der Waals surface area contributed by atoms with Crippen LogP contribution in [0.4, 0.5) is 13.2 Å². The first-order chi connectivity index (χ1) is 8.63. The molecule has 98 valence electrons. The van der Waals surface area contributed by atoms with Crippen molar-refractivity contribution in [3.63, 3.8) is 0 Å². The molecule has 2 aliphatic rings. The van der Waals surface area contributed by atoms with E-state index in [1.54, 1.807) is 6.07 Å². The van der Waals surface area contributed by atoms with Crippen LogP contribution >= 0.6 is 0 Å². The monoisotopic (exact) mass is 259 g/mol. The van der Waals surface area contributed by atoms with Crippen molar-refractivity contribution in [2.24, 2.45) is 0 Å². The molecule has 1 aromatic carbocycles. The summed E-state index contributed by atoms with van der Waals surface area (Å²) in [7, 11) is 0. The lowest BCUT2D eigenvalue weighted by Crippen LogP contribution is -2.42. The van der Waals surface area contributed by atoms with Gasteiger partial charge in [0.15, 0.2) is 0 Å². The van der Waals surface area contributed by atoms with Crippen molar-refractivity contribution in [1.29, 1.82) is 0 Å². The maximum absolute atomic E-state index is 13.2. The van der Waals surface area contributed by atoms with E-state index >= 15 is 0 Å². The molecule has 3 rings (SSSR count). The van der Waals surface area contributed by atoms with E-state index in [9.17, 15) is 13.2 Å². The minimum atomic E-state index is -2.86. The second-order valence-electron chi connectivity index (χ2n) is 4.45. The first-order valence-corrected chi connectivity index (χ1v) is 5.76. The van der Waals surface area contributed by atoms with Gasteiger partial charge >= 0.3 is 6.61 Å². The quantitative estimate of drug-likeness (QED) is 0.884. The van der Waals surface area contributed by atoms with Crippen LogP contribution in [0.3, 0.4) is 0 Å². The Morgan fingerprint density at radius 2 is 2.22 bits per heavy atom.